The first kappa shape index (κ1) is 10.5. The molecule has 82 valence electrons. The molecule has 16 heavy (non-hydrogen) atoms. The second kappa shape index (κ2) is 4.26. The molecule has 2 aromatic heterocycles. The molecular weight excluding hydrogens is 200 g/mol. The highest BCUT2D eigenvalue weighted by Gasteiger charge is 2.05. The zero-order valence-electron chi connectivity index (χ0n) is 9.38. The van der Waals surface area contributed by atoms with E-state index >= 15 is 0 Å². The lowest BCUT2D eigenvalue weighted by Crippen LogP contribution is -1.97. The first-order chi connectivity index (χ1) is 7.66. The lowest BCUT2D eigenvalue weighted by molar-refractivity contribution is 0.816. The van der Waals surface area contributed by atoms with Gasteiger partial charge in [-0.25, -0.2) is 15.0 Å². The zero-order chi connectivity index (χ0) is 11.5. The van der Waals surface area contributed by atoms with Crippen LogP contribution in [0.15, 0.2) is 30.6 Å². The molecule has 4 nitrogen and oxygen atoms in total. The van der Waals surface area contributed by atoms with Crippen LogP contribution in [-0.2, 0) is 0 Å². The number of pyridine rings is 1. The van der Waals surface area contributed by atoms with Crippen molar-refractivity contribution in [3.8, 4) is 11.4 Å². The molecule has 0 atom stereocenters. The molecule has 4 heteroatoms. The van der Waals surface area contributed by atoms with Crippen molar-refractivity contribution >= 4 is 5.82 Å². The minimum absolute atomic E-state index is 0.392. The Morgan fingerprint density at radius 1 is 1.12 bits per heavy atom. The molecule has 0 aliphatic rings. The van der Waals surface area contributed by atoms with Gasteiger partial charge in [0.2, 0.25) is 0 Å². The first-order valence-electron chi connectivity index (χ1n) is 5.21. The third-order valence-electron chi connectivity index (χ3n) is 2.31. The molecule has 0 unspecified atom stereocenters. The van der Waals surface area contributed by atoms with Gasteiger partial charge in [0.1, 0.15) is 5.82 Å². The lowest BCUT2D eigenvalue weighted by atomic mass is 10.1. The van der Waals surface area contributed by atoms with Gasteiger partial charge in [-0.15, -0.1) is 0 Å². The van der Waals surface area contributed by atoms with E-state index in [-0.39, 0.29) is 0 Å². The van der Waals surface area contributed by atoms with E-state index in [1.165, 1.54) is 0 Å². The molecule has 2 N–H and O–H groups in total. The van der Waals surface area contributed by atoms with Crippen molar-refractivity contribution in [3.63, 3.8) is 0 Å². The molecule has 0 aliphatic carbocycles. The second-order valence-electron chi connectivity index (χ2n) is 3.93. The molecule has 0 fully saturated rings. The van der Waals surface area contributed by atoms with Gasteiger partial charge in [0.25, 0.3) is 0 Å². The van der Waals surface area contributed by atoms with Gasteiger partial charge in [0.05, 0.1) is 0 Å². The fraction of sp³-hybridized carbons (Fsp3) is 0.250. The lowest BCUT2D eigenvalue weighted by Gasteiger charge is -2.06. The minimum Gasteiger partial charge on any atom is -0.384 e. The number of rotatable bonds is 2. The fourth-order valence-corrected chi connectivity index (χ4v) is 1.37. The van der Waals surface area contributed by atoms with Crippen molar-refractivity contribution in [2.45, 2.75) is 19.8 Å². The maximum absolute atomic E-state index is 5.53. The van der Waals surface area contributed by atoms with E-state index in [9.17, 15) is 0 Å². The molecule has 0 radical (unpaired) electrons. The minimum atomic E-state index is 0.392. The standard InChI is InChI=1S/C12H14N4/c1-8(2)10-5-6-14-12(16-10)9-3-4-11(13)15-7-9/h3-8H,1-2H3,(H2,13,15). The summed E-state index contributed by atoms with van der Waals surface area (Å²) in [4.78, 5) is 12.7. The topological polar surface area (TPSA) is 64.7 Å². The van der Waals surface area contributed by atoms with Gasteiger partial charge in [-0.05, 0) is 24.1 Å². The number of aromatic nitrogens is 3. The summed E-state index contributed by atoms with van der Waals surface area (Å²) in [5.74, 6) is 1.59. The predicted molar refractivity (Wildman–Crippen MR) is 63.8 cm³/mol. The Balaban J connectivity index is 2.40. The van der Waals surface area contributed by atoms with Crippen molar-refractivity contribution < 1.29 is 0 Å². The van der Waals surface area contributed by atoms with Crippen LogP contribution in [0.2, 0.25) is 0 Å². The first-order valence-corrected chi connectivity index (χ1v) is 5.21. The number of anilines is 1. The molecule has 0 aliphatic heterocycles. The van der Waals surface area contributed by atoms with Gasteiger partial charge >= 0.3 is 0 Å². The van der Waals surface area contributed by atoms with Gasteiger partial charge in [-0.2, -0.15) is 0 Å². The number of hydrogen-bond acceptors (Lipinski definition) is 4. The number of nitrogen functional groups attached to an aromatic ring is 1. The average molecular weight is 214 g/mol. The third-order valence-corrected chi connectivity index (χ3v) is 2.31. The molecule has 0 aromatic carbocycles. The SMILES string of the molecule is CC(C)c1ccnc(-c2ccc(N)nc2)n1. The predicted octanol–water partition coefficient (Wildman–Crippen LogP) is 2.24. The van der Waals surface area contributed by atoms with Crippen LogP contribution in [0.3, 0.4) is 0 Å². The molecule has 0 bridgehead atoms. The smallest absolute Gasteiger partial charge is 0.160 e. The van der Waals surface area contributed by atoms with Crippen LogP contribution in [0, 0.1) is 0 Å². The number of hydrogen-bond donors (Lipinski definition) is 1. The van der Waals surface area contributed by atoms with Crippen LogP contribution in [0.25, 0.3) is 11.4 Å². The largest absolute Gasteiger partial charge is 0.384 e. The summed E-state index contributed by atoms with van der Waals surface area (Å²) in [6.07, 6.45) is 3.46. The summed E-state index contributed by atoms with van der Waals surface area (Å²) in [7, 11) is 0. The second-order valence-corrected chi connectivity index (χ2v) is 3.93. The van der Waals surface area contributed by atoms with E-state index in [0.717, 1.165) is 11.3 Å². The Morgan fingerprint density at radius 3 is 2.56 bits per heavy atom. The molecule has 0 spiro atoms. The summed E-state index contributed by atoms with van der Waals surface area (Å²) in [5.41, 5.74) is 7.45. The Hall–Kier alpha value is -1.97. The van der Waals surface area contributed by atoms with Gasteiger partial charge < -0.3 is 5.73 Å². The maximum Gasteiger partial charge on any atom is 0.160 e. The van der Waals surface area contributed by atoms with E-state index in [1.807, 2.05) is 12.1 Å². The Labute approximate surface area is 94.6 Å². The van der Waals surface area contributed by atoms with Crippen LogP contribution in [-0.4, -0.2) is 15.0 Å². The molecule has 0 saturated heterocycles. The van der Waals surface area contributed by atoms with Gasteiger partial charge in [0.15, 0.2) is 5.82 Å². The van der Waals surface area contributed by atoms with Crippen molar-refractivity contribution in [3.05, 3.63) is 36.3 Å². The molecule has 2 heterocycles. The van der Waals surface area contributed by atoms with Crippen molar-refractivity contribution in [1.82, 2.24) is 15.0 Å². The Kier molecular flexibility index (Phi) is 2.81. The highest BCUT2D eigenvalue weighted by molar-refractivity contribution is 5.55. The van der Waals surface area contributed by atoms with E-state index in [0.29, 0.717) is 17.6 Å². The molecule has 2 aromatic rings. The average Bonchev–Trinajstić information content (AvgIpc) is 2.30. The summed E-state index contributed by atoms with van der Waals surface area (Å²) < 4.78 is 0. The normalized spacial score (nSPS) is 10.7. The number of nitrogens with zero attached hydrogens (tertiary/aromatic N) is 3. The van der Waals surface area contributed by atoms with E-state index in [2.05, 4.69) is 28.8 Å². The van der Waals surface area contributed by atoms with Crippen molar-refractivity contribution in [2.24, 2.45) is 0 Å². The van der Waals surface area contributed by atoms with Gasteiger partial charge in [0, 0.05) is 23.7 Å². The van der Waals surface area contributed by atoms with Crippen LogP contribution >= 0.6 is 0 Å². The molecule has 2 rings (SSSR count). The monoisotopic (exact) mass is 214 g/mol. The Bertz CT molecular complexity index is 477. The zero-order valence-corrected chi connectivity index (χ0v) is 9.38. The Morgan fingerprint density at radius 2 is 1.94 bits per heavy atom. The van der Waals surface area contributed by atoms with Gasteiger partial charge in [-0.3, -0.25) is 0 Å². The van der Waals surface area contributed by atoms with E-state index < -0.39 is 0 Å². The van der Waals surface area contributed by atoms with E-state index in [1.54, 1.807) is 18.5 Å². The van der Waals surface area contributed by atoms with Crippen LogP contribution < -0.4 is 5.73 Å². The summed E-state index contributed by atoms with van der Waals surface area (Å²) in [6.45, 7) is 4.21. The summed E-state index contributed by atoms with van der Waals surface area (Å²) in [5, 5.41) is 0. The molecule has 0 amide bonds. The molecular formula is C12H14N4. The van der Waals surface area contributed by atoms with Crippen LogP contribution in [0.1, 0.15) is 25.5 Å². The van der Waals surface area contributed by atoms with Crippen molar-refractivity contribution in [2.75, 3.05) is 5.73 Å². The summed E-state index contributed by atoms with van der Waals surface area (Å²) >= 11 is 0. The fourth-order valence-electron chi connectivity index (χ4n) is 1.37. The highest BCUT2D eigenvalue weighted by atomic mass is 14.9. The maximum atomic E-state index is 5.53. The van der Waals surface area contributed by atoms with Gasteiger partial charge in [-0.1, -0.05) is 13.8 Å². The summed E-state index contributed by atoms with van der Waals surface area (Å²) in [6, 6.07) is 5.56. The third kappa shape index (κ3) is 2.16. The molecule has 0 saturated carbocycles. The van der Waals surface area contributed by atoms with Crippen LogP contribution in [0.5, 0.6) is 0 Å². The quantitative estimate of drug-likeness (QED) is 0.832. The van der Waals surface area contributed by atoms with Crippen LogP contribution in [0.4, 0.5) is 5.82 Å². The van der Waals surface area contributed by atoms with E-state index in [4.69, 9.17) is 5.73 Å². The number of nitrogens with two attached hydrogens (primary N) is 1. The highest BCUT2D eigenvalue weighted by Crippen LogP contribution is 2.17. The van der Waals surface area contributed by atoms with Crippen molar-refractivity contribution in [1.29, 1.82) is 0 Å².